The molecule has 4 rings (SSSR count). The highest BCUT2D eigenvalue weighted by Crippen LogP contribution is 2.36. The summed E-state index contributed by atoms with van der Waals surface area (Å²) < 4.78 is 2.26. The van der Waals surface area contributed by atoms with Crippen molar-refractivity contribution in [2.24, 2.45) is 5.92 Å². The van der Waals surface area contributed by atoms with Gasteiger partial charge in [0.2, 0.25) is 0 Å². The molecule has 2 aromatic heterocycles. The number of hydrogen-bond acceptors (Lipinski definition) is 4. The maximum Gasteiger partial charge on any atom is 0.148 e. The molecule has 2 N–H and O–H groups in total. The molecule has 1 aliphatic rings. The van der Waals surface area contributed by atoms with Crippen LogP contribution < -0.4 is 10.4 Å². The Morgan fingerprint density at radius 2 is 1.71 bits per heavy atom. The van der Waals surface area contributed by atoms with Gasteiger partial charge in [0.25, 0.3) is 0 Å². The third-order valence-electron chi connectivity index (χ3n) is 6.75. The Balaban J connectivity index is 1.79. The van der Waals surface area contributed by atoms with Crippen LogP contribution >= 0.6 is 0 Å². The van der Waals surface area contributed by atoms with E-state index in [0.717, 1.165) is 37.3 Å². The first-order chi connectivity index (χ1) is 14.8. The van der Waals surface area contributed by atoms with Crippen LogP contribution in [0.15, 0.2) is 24.4 Å². The van der Waals surface area contributed by atoms with Crippen LogP contribution in [0.5, 0.6) is 0 Å². The number of pyridine rings is 1. The van der Waals surface area contributed by atoms with Gasteiger partial charge in [0.15, 0.2) is 0 Å². The van der Waals surface area contributed by atoms with E-state index >= 15 is 0 Å². The molecular formula is C25H33BN3O2. The zero-order chi connectivity index (χ0) is 22.3. The van der Waals surface area contributed by atoms with Crippen LogP contribution in [0.1, 0.15) is 35.2 Å². The average molecular weight is 418 g/mol. The third kappa shape index (κ3) is 3.99. The highest BCUT2D eigenvalue weighted by atomic mass is 16.3. The normalized spacial score (nSPS) is 16.2. The van der Waals surface area contributed by atoms with Gasteiger partial charge >= 0.3 is 0 Å². The molecule has 6 heteroatoms. The van der Waals surface area contributed by atoms with Gasteiger partial charge < -0.3 is 19.7 Å². The van der Waals surface area contributed by atoms with Crippen molar-refractivity contribution in [2.45, 2.75) is 53.5 Å². The van der Waals surface area contributed by atoms with Crippen molar-refractivity contribution in [3.8, 4) is 5.69 Å². The summed E-state index contributed by atoms with van der Waals surface area (Å²) in [6.45, 7) is 12.2. The molecule has 1 fully saturated rings. The molecule has 31 heavy (non-hydrogen) atoms. The summed E-state index contributed by atoms with van der Waals surface area (Å²) in [5.74, 6) is 0.171. The molecule has 5 nitrogen and oxygen atoms in total. The van der Waals surface area contributed by atoms with E-state index in [4.69, 9.17) is 4.98 Å². The lowest BCUT2D eigenvalue weighted by Gasteiger charge is -2.35. The quantitative estimate of drug-likeness (QED) is 0.625. The first-order valence-corrected chi connectivity index (χ1v) is 11.3. The van der Waals surface area contributed by atoms with E-state index in [1.807, 2.05) is 0 Å². The second-order valence-corrected chi connectivity index (χ2v) is 9.03. The Morgan fingerprint density at radius 3 is 2.29 bits per heavy atom. The summed E-state index contributed by atoms with van der Waals surface area (Å²) in [7, 11) is 2.14. The second-order valence-electron chi connectivity index (χ2n) is 9.03. The summed E-state index contributed by atoms with van der Waals surface area (Å²) >= 11 is 0. The lowest BCUT2D eigenvalue weighted by atomic mass is 9.72. The summed E-state index contributed by atoms with van der Waals surface area (Å²) in [6, 6.07) is 6.66. The fourth-order valence-electron chi connectivity index (χ4n) is 5.14. The fraction of sp³-hybridized carbons (Fsp3) is 0.480. The van der Waals surface area contributed by atoms with Gasteiger partial charge in [0, 0.05) is 36.1 Å². The molecule has 1 saturated heterocycles. The van der Waals surface area contributed by atoms with E-state index in [1.165, 1.54) is 38.9 Å². The molecule has 0 spiro atoms. The van der Waals surface area contributed by atoms with Gasteiger partial charge in [-0.25, -0.2) is 4.98 Å². The van der Waals surface area contributed by atoms with Crippen LogP contribution in [0.4, 0.5) is 5.69 Å². The predicted octanol–water partition coefficient (Wildman–Crippen LogP) is 3.21. The van der Waals surface area contributed by atoms with Gasteiger partial charge in [0.05, 0.1) is 18.4 Å². The zero-order valence-corrected chi connectivity index (χ0v) is 19.3. The van der Waals surface area contributed by atoms with Gasteiger partial charge in [-0.1, -0.05) is 24.4 Å². The first-order valence-electron chi connectivity index (χ1n) is 11.3. The Morgan fingerprint density at radius 1 is 1.06 bits per heavy atom. The molecule has 0 amide bonds. The number of aryl methyl sites for hydroxylation is 4. The number of rotatable bonds is 5. The van der Waals surface area contributed by atoms with Crippen molar-refractivity contribution in [3.63, 3.8) is 0 Å². The van der Waals surface area contributed by atoms with Crippen molar-refractivity contribution in [2.75, 3.05) is 24.6 Å². The van der Waals surface area contributed by atoms with Gasteiger partial charge in [-0.2, -0.15) is 0 Å². The number of aromatic nitrogens is 2. The minimum Gasteiger partial charge on any atom is -0.394 e. The molecule has 0 bridgehead atoms. The topological polar surface area (TPSA) is 61.5 Å². The summed E-state index contributed by atoms with van der Waals surface area (Å²) in [6.07, 6.45) is 3.38. The molecule has 1 atom stereocenters. The minimum atomic E-state index is -0.613. The number of piperidine rings is 1. The molecule has 3 aromatic rings. The van der Waals surface area contributed by atoms with Gasteiger partial charge in [-0.05, 0) is 69.2 Å². The standard InChI is InChI=1S/C25H33BN3O2/c1-15-10-20(26-5)11-16(2)24(15)29-13-17(3)23-21(12-18(4)27-25(23)29)28-8-6-19(7-9-28)22(31)14-30/h10-13,19,22,30-31H,6-9,14H2,1-5H3. The van der Waals surface area contributed by atoms with Crippen LogP contribution in [0.3, 0.4) is 0 Å². The fourth-order valence-corrected chi connectivity index (χ4v) is 5.14. The van der Waals surface area contributed by atoms with E-state index in [9.17, 15) is 10.2 Å². The smallest absolute Gasteiger partial charge is 0.148 e. The highest BCUT2D eigenvalue weighted by molar-refractivity contribution is 6.52. The largest absolute Gasteiger partial charge is 0.394 e. The van der Waals surface area contributed by atoms with E-state index < -0.39 is 6.10 Å². The van der Waals surface area contributed by atoms with Crippen molar-refractivity contribution < 1.29 is 10.2 Å². The SMILES string of the molecule is C[B]c1cc(C)c(-n2cc(C)c3c(N4CCC(C(O)CO)CC4)cc(C)nc32)c(C)c1. The molecule has 163 valence electrons. The lowest BCUT2D eigenvalue weighted by molar-refractivity contribution is 0.0377. The summed E-state index contributed by atoms with van der Waals surface area (Å²) in [4.78, 5) is 7.39. The van der Waals surface area contributed by atoms with E-state index in [1.54, 1.807) is 0 Å². The molecular weight excluding hydrogens is 385 g/mol. The molecule has 1 unspecified atom stereocenters. The van der Waals surface area contributed by atoms with E-state index in [2.05, 4.69) is 75.7 Å². The Kier molecular flexibility index (Phi) is 6.13. The molecule has 3 heterocycles. The zero-order valence-electron chi connectivity index (χ0n) is 19.3. The second kappa shape index (κ2) is 8.68. The number of aliphatic hydroxyl groups excluding tert-OH is 2. The highest BCUT2D eigenvalue weighted by Gasteiger charge is 2.27. The van der Waals surface area contributed by atoms with Crippen LogP contribution in [-0.4, -0.2) is 52.8 Å². The van der Waals surface area contributed by atoms with E-state index in [-0.39, 0.29) is 12.5 Å². The number of hydrogen-bond donors (Lipinski definition) is 2. The summed E-state index contributed by atoms with van der Waals surface area (Å²) in [5.41, 5.74) is 9.40. The predicted molar refractivity (Wildman–Crippen MR) is 129 cm³/mol. The molecule has 1 aliphatic heterocycles. The summed E-state index contributed by atoms with van der Waals surface area (Å²) in [5, 5.41) is 20.5. The van der Waals surface area contributed by atoms with Crippen molar-refractivity contribution in [1.29, 1.82) is 0 Å². The maximum atomic E-state index is 10.0. The van der Waals surface area contributed by atoms with Crippen LogP contribution in [0, 0.1) is 33.6 Å². The molecule has 1 radical (unpaired) electrons. The number of fused-ring (bicyclic) bond motifs is 1. The van der Waals surface area contributed by atoms with Crippen molar-refractivity contribution in [3.05, 3.63) is 46.8 Å². The lowest BCUT2D eigenvalue weighted by Crippen LogP contribution is -2.39. The van der Waals surface area contributed by atoms with Crippen LogP contribution in [-0.2, 0) is 0 Å². The third-order valence-corrected chi connectivity index (χ3v) is 6.75. The van der Waals surface area contributed by atoms with Crippen LogP contribution in [0.25, 0.3) is 16.7 Å². The Bertz CT molecular complexity index is 1080. The average Bonchev–Trinajstić information content (AvgIpc) is 3.07. The first kappa shape index (κ1) is 21.9. The monoisotopic (exact) mass is 418 g/mol. The van der Waals surface area contributed by atoms with Crippen LogP contribution in [0.2, 0.25) is 6.82 Å². The van der Waals surface area contributed by atoms with Crippen molar-refractivity contribution >= 4 is 29.5 Å². The molecule has 0 aliphatic carbocycles. The molecule has 0 saturated carbocycles. The number of aliphatic hydroxyl groups is 2. The molecule has 1 aromatic carbocycles. The minimum absolute atomic E-state index is 0.154. The van der Waals surface area contributed by atoms with Gasteiger partial charge in [0.1, 0.15) is 12.9 Å². The van der Waals surface area contributed by atoms with E-state index in [0.29, 0.717) is 0 Å². The maximum absolute atomic E-state index is 10.0. The van der Waals surface area contributed by atoms with Gasteiger partial charge in [-0.3, -0.25) is 0 Å². The Labute approximate surface area is 186 Å². The Hall–Kier alpha value is -2.31. The number of benzene rings is 1. The van der Waals surface area contributed by atoms with Crippen molar-refractivity contribution in [1.82, 2.24) is 9.55 Å². The number of nitrogens with zero attached hydrogens (tertiary/aromatic N) is 3. The van der Waals surface area contributed by atoms with Gasteiger partial charge in [-0.15, -0.1) is 0 Å². The number of anilines is 1.